The Balaban J connectivity index is 2.56. The van der Waals surface area contributed by atoms with E-state index in [9.17, 15) is 0 Å². The second-order valence-corrected chi connectivity index (χ2v) is 2.95. The Morgan fingerprint density at radius 2 is 2.46 bits per heavy atom. The molecule has 68 valence electrons. The van der Waals surface area contributed by atoms with E-state index in [1.165, 1.54) is 0 Å². The Labute approximate surface area is 83.3 Å². The molecule has 0 aromatic carbocycles. The number of nitrogens with one attached hydrogen (secondary N) is 1. The molecule has 0 saturated carbocycles. The van der Waals surface area contributed by atoms with Gasteiger partial charge in [0.1, 0.15) is 5.69 Å². The first-order valence-corrected chi connectivity index (χ1v) is 4.46. The lowest BCUT2D eigenvalue weighted by Gasteiger charge is -1.90. The highest BCUT2D eigenvalue weighted by Gasteiger charge is 1.88. The zero-order valence-corrected chi connectivity index (χ0v) is 8.23. The lowest BCUT2D eigenvalue weighted by molar-refractivity contribution is 0.818. The van der Waals surface area contributed by atoms with E-state index in [-0.39, 0.29) is 0 Å². The van der Waals surface area contributed by atoms with Crippen molar-refractivity contribution in [2.24, 2.45) is 0 Å². The van der Waals surface area contributed by atoms with Crippen LogP contribution in [0.15, 0.2) is 18.3 Å². The van der Waals surface area contributed by atoms with E-state index in [0.29, 0.717) is 5.02 Å². The number of halogens is 1. The molecule has 1 aromatic rings. The molecule has 0 saturated heterocycles. The molecule has 0 bridgehead atoms. The van der Waals surface area contributed by atoms with Gasteiger partial charge in [0.15, 0.2) is 0 Å². The summed E-state index contributed by atoms with van der Waals surface area (Å²) in [5.74, 6) is 5.93. The molecule has 1 rings (SSSR count). The van der Waals surface area contributed by atoms with Gasteiger partial charge < -0.3 is 5.32 Å². The minimum atomic E-state index is 0.674. The van der Waals surface area contributed by atoms with E-state index in [1.54, 1.807) is 18.3 Å². The normalized spacial score (nSPS) is 9.08. The minimum absolute atomic E-state index is 0.674. The molecule has 0 fully saturated rings. The molecule has 0 aliphatic rings. The zero-order valence-electron chi connectivity index (χ0n) is 7.47. The molecular formula is C10H11ClN2. The van der Waals surface area contributed by atoms with E-state index in [4.69, 9.17) is 11.6 Å². The smallest absolute Gasteiger partial charge is 0.114 e. The van der Waals surface area contributed by atoms with E-state index in [0.717, 1.165) is 18.7 Å². The topological polar surface area (TPSA) is 24.9 Å². The monoisotopic (exact) mass is 194 g/mol. The first-order valence-electron chi connectivity index (χ1n) is 4.08. The highest BCUT2D eigenvalue weighted by molar-refractivity contribution is 6.30. The van der Waals surface area contributed by atoms with Gasteiger partial charge in [0.05, 0.1) is 0 Å². The number of pyridine rings is 1. The predicted molar refractivity (Wildman–Crippen MR) is 54.7 cm³/mol. The third-order valence-corrected chi connectivity index (χ3v) is 1.67. The zero-order chi connectivity index (χ0) is 9.52. The molecule has 0 atom stereocenters. The van der Waals surface area contributed by atoms with Crippen LogP contribution in [0.5, 0.6) is 0 Å². The van der Waals surface area contributed by atoms with Crippen molar-refractivity contribution in [3.8, 4) is 11.8 Å². The molecule has 0 spiro atoms. The van der Waals surface area contributed by atoms with E-state index >= 15 is 0 Å². The molecule has 1 N–H and O–H groups in total. The maximum absolute atomic E-state index is 5.76. The van der Waals surface area contributed by atoms with E-state index in [2.05, 4.69) is 22.1 Å². The van der Waals surface area contributed by atoms with Crippen molar-refractivity contribution in [3.63, 3.8) is 0 Å². The van der Waals surface area contributed by atoms with Crippen LogP contribution >= 0.6 is 11.6 Å². The van der Waals surface area contributed by atoms with Gasteiger partial charge >= 0.3 is 0 Å². The fourth-order valence-corrected chi connectivity index (χ4v) is 0.973. The summed E-state index contributed by atoms with van der Waals surface area (Å²) in [6, 6.07) is 3.49. The van der Waals surface area contributed by atoms with Crippen LogP contribution in [0.25, 0.3) is 0 Å². The molecule has 1 heterocycles. The molecular weight excluding hydrogens is 184 g/mol. The third-order valence-electron chi connectivity index (χ3n) is 1.44. The quantitative estimate of drug-likeness (QED) is 0.573. The van der Waals surface area contributed by atoms with Crippen LogP contribution in [0, 0.1) is 11.8 Å². The fourth-order valence-electron chi connectivity index (χ4n) is 0.814. The second-order valence-electron chi connectivity index (χ2n) is 2.51. The molecule has 3 heteroatoms. The van der Waals surface area contributed by atoms with Gasteiger partial charge in [-0.05, 0) is 25.1 Å². The van der Waals surface area contributed by atoms with Crippen molar-refractivity contribution < 1.29 is 0 Å². The minimum Gasteiger partial charge on any atom is -0.319 e. The van der Waals surface area contributed by atoms with Gasteiger partial charge in [0.25, 0.3) is 0 Å². The van der Waals surface area contributed by atoms with Gasteiger partial charge in [0.2, 0.25) is 0 Å². The Bertz CT molecular complexity index is 325. The van der Waals surface area contributed by atoms with Gasteiger partial charge in [-0.25, -0.2) is 4.98 Å². The number of nitrogens with zero attached hydrogens (tertiary/aromatic N) is 1. The molecule has 0 amide bonds. The first-order chi connectivity index (χ1) is 6.33. The van der Waals surface area contributed by atoms with Crippen LogP contribution in [-0.4, -0.2) is 18.6 Å². The lowest BCUT2D eigenvalue weighted by atomic mass is 10.3. The molecule has 0 aliphatic carbocycles. The summed E-state index contributed by atoms with van der Waals surface area (Å²) in [6.45, 7) is 0.896. The Morgan fingerprint density at radius 3 is 3.15 bits per heavy atom. The number of aromatic nitrogens is 1. The van der Waals surface area contributed by atoms with Gasteiger partial charge in [0, 0.05) is 24.2 Å². The van der Waals surface area contributed by atoms with Gasteiger partial charge in [-0.3, -0.25) is 0 Å². The SMILES string of the molecule is CNCCC#Cc1cc(Cl)ccn1. The lowest BCUT2D eigenvalue weighted by Crippen LogP contribution is -2.05. The van der Waals surface area contributed by atoms with Crippen LogP contribution in [0.2, 0.25) is 5.02 Å². The summed E-state index contributed by atoms with van der Waals surface area (Å²) in [7, 11) is 1.90. The van der Waals surface area contributed by atoms with Gasteiger partial charge in [-0.1, -0.05) is 17.5 Å². The first kappa shape index (κ1) is 10.0. The van der Waals surface area contributed by atoms with Crippen LogP contribution in [0.1, 0.15) is 12.1 Å². The Hall–Kier alpha value is -1.04. The maximum Gasteiger partial charge on any atom is 0.114 e. The number of hydrogen-bond donors (Lipinski definition) is 1. The van der Waals surface area contributed by atoms with Crippen molar-refractivity contribution in [1.82, 2.24) is 10.3 Å². The molecule has 2 nitrogen and oxygen atoms in total. The summed E-state index contributed by atoms with van der Waals surface area (Å²) in [5.41, 5.74) is 0.726. The van der Waals surface area contributed by atoms with Crippen LogP contribution < -0.4 is 5.32 Å². The van der Waals surface area contributed by atoms with Crippen molar-refractivity contribution in [2.45, 2.75) is 6.42 Å². The Kier molecular flexibility index (Phi) is 4.31. The summed E-state index contributed by atoms with van der Waals surface area (Å²) in [6.07, 6.45) is 2.48. The van der Waals surface area contributed by atoms with E-state index in [1.807, 2.05) is 7.05 Å². The summed E-state index contributed by atoms with van der Waals surface area (Å²) in [5, 5.41) is 3.69. The number of rotatable bonds is 2. The molecule has 1 aromatic heterocycles. The predicted octanol–water partition coefficient (Wildman–Crippen LogP) is 1.70. The van der Waals surface area contributed by atoms with Crippen molar-refractivity contribution in [1.29, 1.82) is 0 Å². The average molecular weight is 195 g/mol. The number of hydrogen-bond acceptors (Lipinski definition) is 2. The Morgan fingerprint density at radius 1 is 1.62 bits per heavy atom. The summed E-state index contributed by atoms with van der Waals surface area (Å²) < 4.78 is 0. The molecule has 0 aliphatic heterocycles. The van der Waals surface area contributed by atoms with Crippen LogP contribution in [0.4, 0.5) is 0 Å². The third kappa shape index (κ3) is 3.93. The maximum atomic E-state index is 5.76. The van der Waals surface area contributed by atoms with Crippen molar-refractivity contribution in [2.75, 3.05) is 13.6 Å². The summed E-state index contributed by atoms with van der Waals surface area (Å²) >= 11 is 5.76. The average Bonchev–Trinajstić information content (AvgIpc) is 2.13. The van der Waals surface area contributed by atoms with Crippen LogP contribution in [0.3, 0.4) is 0 Å². The fraction of sp³-hybridized carbons (Fsp3) is 0.300. The summed E-state index contributed by atoms with van der Waals surface area (Å²) in [4.78, 5) is 4.06. The highest BCUT2D eigenvalue weighted by atomic mass is 35.5. The van der Waals surface area contributed by atoms with Gasteiger partial charge in [-0.15, -0.1) is 0 Å². The molecule has 0 unspecified atom stereocenters. The largest absolute Gasteiger partial charge is 0.319 e. The highest BCUT2D eigenvalue weighted by Crippen LogP contribution is 2.06. The van der Waals surface area contributed by atoms with Crippen molar-refractivity contribution in [3.05, 3.63) is 29.0 Å². The van der Waals surface area contributed by atoms with Crippen molar-refractivity contribution >= 4 is 11.6 Å². The molecule has 0 radical (unpaired) electrons. The standard InChI is InChI=1S/C10H11ClN2/c1-12-6-3-2-4-10-8-9(11)5-7-13-10/h5,7-8,12H,3,6H2,1H3. The second kappa shape index (κ2) is 5.58. The van der Waals surface area contributed by atoms with Gasteiger partial charge in [-0.2, -0.15) is 0 Å². The van der Waals surface area contributed by atoms with Crippen LogP contribution in [-0.2, 0) is 0 Å². The molecule has 13 heavy (non-hydrogen) atoms. The van der Waals surface area contributed by atoms with E-state index < -0.39 is 0 Å².